The van der Waals surface area contributed by atoms with E-state index < -0.39 is 31.4 Å². The van der Waals surface area contributed by atoms with Crippen molar-refractivity contribution in [3.05, 3.63) is 71.5 Å². The van der Waals surface area contributed by atoms with E-state index in [1.165, 1.54) is 4.90 Å². The smallest absolute Gasteiger partial charge is 0.381 e. The van der Waals surface area contributed by atoms with Crippen LogP contribution >= 0.6 is 0 Å². The van der Waals surface area contributed by atoms with Crippen molar-refractivity contribution < 1.29 is 26.3 Å². The molecule has 210 valence electrons. The van der Waals surface area contributed by atoms with E-state index >= 15 is 0 Å². The van der Waals surface area contributed by atoms with E-state index in [1.807, 2.05) is 49.4 Å². The Morgan fingerprint density at radius 3 is 2.44 bits per heavy atom. The molecule has 1 saturated heterocycles. The van der Waals surface area contributed by atoms with Gasteiger partial charge in [-0.05, 0) is 54.2 Å². The van der Waals surface area contributed by atoms with Crippen molar-refractivity contribution in [2.24, 2.45) is 0 Å². The molecule has 39 heavy (non-hydrogen) atoms. The van der Waals surface area contributed by atoms with Crippen molar-refractivity contribution in [1.82, 2.24) is 20.0 Å². The minimum atomic E-state index is -4.34. The predicted octanol–water partition coefficient (Wildman–Crippen LogP) is 6.41. The fraction of sp³-hybridized carbons (Fsp3) is 0.464. The number of benzene rings is 2. The van der Waals surface area contributed by atoms with Gasteiger partial charge in [0.15, 0.2) is 0 Å². The van der Waals surface area contributed by atoms with Crippen molar-refractivity contribution in [1.29, 1.82) is 0 Å². The van der Waals surface area contributed by atoms with Gasteiger partial charge in [0, 0.05) is 49.2 Å². The largest absolute Gasteiger partial charge is 0.401 e. The molecule has 0 saturated carbocycles. The fourth-order valence-electron chi connectivity index (χ4n) is 5.77. The Labute approximate surface area is 223 Å². The van der Waals surface area contributed by atoms with Gasteiger partial charge in [0.05, 0.1) is 25.2 Å². The van der Waals surface area contributed by atoms with Gasteiger partial charge in [0.1, 0.15) is 0 Å². The molecule has 0 unspecified atom stereocenters. The number of nitrogens with zero attached hydrogens (tertiary/aromatic N) is 3. The maximum atomic E-state index is 13.6. The minimum Gasteiger partial charge on any atom is -0.381 e. The van der Waals surface area contributed by atoms with E-state index in [2.05, 4.69) is 15.5 Å². The molecule has 5 nitrogen and oxygen atoms in total. The quantitative estimate of drug-likeness (QED) is 0.333. The van der Waals surface area contributed by atoms with Crippen LogP contribution in [0.4, 0.5) is 32.0 Å². The van der Waals surface area contributed by atoms with E-state index in [0.29, 0.717) is 19.5 Å². The summed E-state index contributed by atoms with van der Waals surface area (Å²) in [6.07, 6.45) is -4.61. The van der Waals surface area contributed by atoms with Crippen LogP contribution in [0.1, 0.15) is 42.5 Å². The molecular weight excluding hydrogens is 520 g/mol. The van der Waals surface area contributed by atoms with Crippen LogP contribution in [-0.4, -0.2) is 70.6 Å². The van der Waals surface area contributed by atoms with Crippen molar-refractivity contribution in [2.45, 2.75) is 56.7 Å². The van der Waals surface area contributed by atoms with Gasteiger partial charge in [0.2, 0.25) is 0 Å². The normalized spacial score (nSPS) is 22.7. The number of hydrogen-bond donors (Lipinski definition) is 2. The summed E-state index contributed by atoms with van der Waals surface area (Å²) in [5, 5.41) is 10.2. The first-order valence-corrected chi connectivity index (χ1v) is 13.1. The molecule has 0 aliphatic carbocycles. The second-order valence-electron chi connectivity index (χ2n) is 10.6. The summed E-state index contributed by atoms with van der Waals surface area (Å²) in [6, 6.07) is 12.4. The molecule has 0 spiro atoms. The number of aromatic nitrogens is 2. The third-order valence-electron chi connectivity index (χ3n) is 7.63. The van der Waals surface area contributed by atoms with E-state index in [0.717, 1.165) is 39.9 Å². The lowest BCUT2D eigenvalue weighted by Gasteiger charge is -2.42. The van der Waals surface area contributed by atoms with Crippen LogP contribution in [-0.2, 0) is 6.42 Å². The van der Waals surface area contributed by atoms with Gasteiger partial charge >= 0.3 is 12.4 Å². The number of nitrogens with one attached hydrogen (secondary N) is 2. The molecule has 0 bridgehead atoms. The fourth-order valence-corrected chi connectivity index (χ4v) is 5.77. The zero-order chi connectivity index (χ0) is 27.8. The number of anilines is 1. The number of halogens is 6. The number of likely N-dealkylation sites (tertiary alicyclic amines) is 1. The molecule has 0 amide bonds. The third kappa shape index (κ3) is 6.75. The molecule has 5 rings (SSSR count). The number of hydrogen-bond acceptors (Lipinski definition) is 4. The molecule has 3 atom stereocenters. The Balaban J connectivity index is 1.35. The molecule has 1 fully saturated rings. The Hall–Kier alpha value is -3.05. The average Bonchev–Trinajstić information content (AvgIpc) is 3.55. The number of H-pyrrole nitrogens is 1. The average molecular weight is 552 g/mol. The lowest BCUT2D eigenvalue weighted by molar-refractivity contribution is -0.155. The highest BCUT2D eigenvalue weighted by atomic mass is 19.4. The predicted molar refractivity (Wildman–Crippen MR) is 137 cm³/mol. The summed E-state index contributed by atoms with van der Waals surface area (Å²) in [5.41, 5.74) is 5.28. The van der Waals surface area contributed by atoms with Gasteiger partial charge in [0.25, 0.3) is 0 Å². The van der Waals surface area contributed by atoms with Gasteiger partial charge in [-0.25, -0.2) is 0 Å². The second-order valence-corrected chi connectivity index (χ2v) is 10.6. The third-order valence-corrected chi connectivity index (χ3v) is 7.63. The monoisotopic (exact) mass is 551 g/mol. The summed E-state index contributed by atoms with van der Waals surface area (Å²) >= 11 is 0. The standard InChI is InChI=1S/C28H31F6N5/c1-18-12-21-13-20(22-14-35-36-15-22)4-7-25(21)26(39(18)17-28(32,33)34)19-2-5-23(6-3-19)37-24-8-10-38(16-24)11-9-27(29,30)31/h2-7,13-15,18,24,26,37H,8-12,16-17H2,1H3,(H,35,36)/t18-,24+,26-/m1/s1. The molecule has 2 aromatic carbocycles. The van der Waals surface area contributed by atoms with Gasteiger partial charge < -0.3 is 10.2 Å². The molecular formula is C28H31F6N5. The molecule has 2 N–H and O–H groups in total. The summed E-state index contributed by atoms with van der Waals surface area (Å²) in [7, 11) is 0. The van der Waals surface area contributed by atoms with Crippen molar-refractivity contribution in [3.63, 3.8) is 0 Å². The second kappa shape index (κ2) is 10.8. The summed E-state index contributed by atoms with van der Waals surface area (Å²) in [4.78, 5) is 3.31. The van der Waals surface area contributed by atoms with E-state index in [4.69, 9.17) is 0 Å². The molecule has 1 aromatic heterocycles. The topological polar surface area (TPSA) is 47.2 Å². The maximum Gasteiger partial charge on any atom is 0.401 e. The molecule has 0 radical (unpaired) electrons. The first-order valence-electron chi connectivity index (χ1n) is 13.1. The first kappa shape index (κ1) is 27.5. The van der Waals surface area contributed by atoms with Crippen LogP contribution in [0, 0.1) is 0 Å². The summed E-state index contributed by atoms with van der Waals surface area (Å²) in [5.74, 6) is 0. The number of fused-ring (bicyclic) bond motifs is 1. The van der Waals surface area contributed by atoms with E-state index in [9.17, 15) is 26.3 Å². The van der Waals surface area contributed by atoms with Crippen LogP contribution in [0.2, 0.25) is 0 Å². The molecule has 2 aliphatic heterocycles. The zero-order valence-electron chi connectivity index (χ0n) is 21.5. The van der Waals surface area contributed by atoms with E-state index in [-0.39, 0.29) is 18.6 Å². The molecule has 3 heterocycles. The number of aromatic amines is 1. The lowest BCUT2D eigenvalue weighted by Crippen LogP contribution is -2.47. The zero-order valence-corrected chi connectivity index (χ0v) is 21.5. The Bertz CT molecular complexity index is 1240. The highest BCUT2D eigenvalue weighted by molar-refractivity contribution is 5.64. The van der Waals surface area contributed by atoms with Crippen LogP contribution in [0.5, 0.6) is 0 Å². The highest BCUT2D eigenvalue weighted by Crippen LogP contribution is 2.41. The van der Waals surface area contributed by atoms with Crippen LogP contribution < -0.4 is 5.32 Å². The van der Waals surface area contributed by atoms with Crippen molar-refractivity contribution in [2.75, 3.05) is 31.5 Å². The minimum absolute atomic E-state index is 0.0163. The molecule has 3 aromatic rings. The molecule has 2 aliphatic rings. The summed E-state index contributed by atoms with van der Waals surface area (Å²) < 4.78 is 78.6. The molecule has 11 heteroatoms. The number of alkyl halides is 6. The van der Waals surface area contributed by atoms with Crippen LogP contribution in [0.25, 0.3) is 11.1 Å². The Kier molecular flexibility index (Phi) is 7.65. The van der Waals surface area contributed by atoms with Crippen molar-refractivity contribution >= 4 is 5.69 Å². The first-order chi connectivity index (χ1) is 18.4. The SMILES string of the molecule is C[C@@H]1Cc2cc(-c3cn[nH]c3)ccc2[C@@H](c2ccc(N[C@H]3CCN(CCC(F)(F)F)C3)cc2)N1CC(F)(F)F. The lowest BCUT2D eigenvalue weighted by atomic mass is 9.83. The Morgan fingerprint density at radius 1 is 1.00 bits per heavy atom. The van der Waals surface area contributed by atoms with Crippen LogP contribution in [0.3, 0.4) is 0 Å². The maximum absolute atomic E-state index is 13.6. The highest BCUT2D eigenvalue weighted by Gasteiger charge is 2.40. The van der Waals surface area contributed by atoms with Gasteiger partial charge in [-0.1, -0.05) is 30.3 Å². The Morgan fingerprint density at radius 2 is 1.77 bits per heavy atom. The van der Waals surface area contributed by atoms with E-state index in [1.54, 1.807) is 17.3 Å². The summed E-state index contributed by atoms with van der Waals surface area (Å²) in [6.45, 7) is 1.90. The van der Waals surface area contributed by atoms with Gasteiger partial charge in [-0.2, -0.15) is 31.4 Å². The number of rotatable bonds is 7. The van der Waals surface area contributed by atoms with Crippen molar-refractivity contribution in [3.8, 4) is 11.1 Å². The van der Waals surface area contributed by atoms with Crippen LogP contribution in [0.15, 0.2) is 54.9 Å². The van der Waals surface area contributed by atoms with Gasteiger partial charge in [-0.15, -0.1) is 0 Å². The van der Waals surface area contributed by atoms with Gasteiger partial charge in [-0.3, -0.25) is 10.00 Å².